The first-order valence-electron chi connectivity index (χ1n) is 13.2. The highest BCUT2D eigenvalue weighted by Crippen LogP contribution is 2.26. The van der Waals surface area contributed by atoms with Crippen molar-refractivity contribution in [2.75, 3.05) is 10.6 Å². The van der Waals surface area contributed by atoms with Crippen LogP contribution in [-0.2, 0) is 9.59 Å². The van der Waals surface area contributed by atoms with Gasteiger partial charge in [-0.1, -0.05) is 44.2 Å². The third-order valence-electron chi connectivity index (χ3n) is 6.28. The smallest absolute Gasteiger partial charge is 0.269 e. The van der Waals surface area contributed by atoms with Crippen LogP contribution in [0.15, 0.2) is 95.4 Å². The van der Waals surface area contributed by atoms with Crippen LogP contribution >= 0.6 is 12.4 Å². The van der Waals surface area contributed by atoms with Crippen LogP contribution in [0.1, 0.15) is 41.9 Å². The molecule has 4 rings (SSSR count). The number of anilines is 2. The summed E-state index contributed by atoms with van der Waals surface area (Å²) in [5.41, 5.74) is 7.92. The van der Waals surface area contributed by atoms with Crippen molar-refractivity contribution < 1.29 is 23.7 Å². The molecule has 0 saturated carbocycles. The number of nitrogens with one attached hydrogen (secondary N) is 2. The number of ketones is 1. The maximum atomic E-state index is 13.4. The van der Waals surface area contributed by atoms with Crippen molar-refractivity contribution in [1.82, 2.24) is 0 Å². The number of nitrogens with two attached hydrogens (primary N) is 1. The average Bonchev–Trinajstić information content (AvgIpc) is 3.46. The number of carbonyl (C=O) groups excluding carboxylic acids is 3. The molecule has 43 heavy (non-hydrogen) atoms. The van der Waals surface area contributed by atoms with Gasteiger partial charge in [-0.25, -0.2) is 0 Å². The van der Waals surface area contributed by atoms with E-state index in [0.29, 0.717) is 34.8 Å². The quantitative estimate of drug-likeness (QED) is 0.0768. The zero-order chi connectivity index (χ0) is 30.2. The number of halogens is 1. The fraction of sp³-hybridized carbons (Fsp3) is 0.156. The van der Waals surface area contributed by atoms with E-state index in [1.54, 1.807) is 66.7 Å². The number of nitrogens with zero attached hydrogens (tertiary/aromatic N) is 1. The van der Waals surface area contributed by atoms with Gasteiger partial charge in [0.1, 0.15) is 11.5 Å². The number of non-ortho nitro benzene ring substituents is 1. The van der Waals surface area contributed by atoms with Gasteiger partial charge in [0.2, 0.25) is 11.8 Å². The van der Waals surface area contributed by atoms with E-state index in [-0.39, 0.29) is 41.0 Å². The Kier molecular flexibility index (Phi) is 11.1. The molecule has 0 unspecified atom stereocenters. The lowest BCUT2D eigenvalue weighted by Gasteiger charge is -2.17. The SMILES string of the molecule is CC(C)C[C@@H](N)C(=O)Nc1ccc(NC(=O)/C=C/c2ccc(-c3ccc([N+](=O)[O-])cc3)o2)cc1C(=O)c1ccccc1.Cl. The molecule has 0 spiro atoms. The zero-order valence-corrected chi connectivity index (χ0v) is 24.3. The Morgan fingerprint density at radius 3 is 2.30 bits per heavy atom. The van der Waals surface area contributed by atoms with Gasteiger partial charge in [0, 0.05) is 40.6 Å². The molecule has 0 bridgehead atoms. The summed E-state index contributed by atoms with van der Waals surface area (Å²) in [5, 5.41) is 16.3. The summed E-state index contributed by atoms with van der Waals surface area (Å²) in [7, 11) is 0. The van der Waals surface area contributed by atoms with Gasteiger partial charge >= 0.3 is 0 Å². The van der Waals surface area contributed by atoms with Crippen molar-refractivity contribution in [3.63, 3.8) is 0 Å². The summed E-state index contributed by atoms with van der Waals surface area (Å²) in [6, 6.07) is 21.8. The minimum atomic E-state index is -0.739. The predicted octanol–water partition coefficient (Wildman–Crippen LogP) is 6.47. The van der Waals surface area contributed by atoms with Crippen LogP contribution in [0.3, 0.4) is 0 Å². The first-order valence-corrected chi connectivity index (χ1v) is 13.2. The number of nitro benzene ring substituents is 1. The molecule has 10 nitrogen and oxygen atoms in total. The van der Waals surface area contributed by atoms with Gasteiger partial charge in [0.25, 0.3) is 5.69 Å². The van der Waals surface area contributed by atoms with Gasteiger partial charge in [-0.05, 0) is 60.9 Å². The minimum absolute atomic E-state index is 0. The molecule has 0 aliphatic heterocycles. The van der Waals surface area contributed by atoms with E-state index >= 15 is 0 Å². The molecule has 4 N–H and O–H groups in total. The number of amides is 2. The normalized spacial score (nSPS) is 11.5. The van der Waals surface area contributed by atoms with Crippen LogP contribution < -0.4 is 16.4 Å². The molecule has 0 aliphatic carbocycles. The molecule has 1 heterocycles. The van der Waals surface area contributed by atoms with Crippen LogP contribution in [0.5, 0.6) is 0 Å². The first-order chi connectivity index (χ1) is 20.1. The van der Waals surface area contributed by atoms with Crippen molar-refractivity contribution in [3.8, 4) is 11.3 Å². The van der Waals surface area contributed by atoms with E-state index in [1.807, 2.05) is 13.8 Å². The van der Waals surface area contributed by atoms with E-state index in [2.05, 4.69) is 10.6 Å². The second-order valence-corrected chi connectivity index (χ2v) is 10.0. The highest BCUT2D eigenvalue weighted by atomic mass is 35.5. The van der Waals surface area contributed by atoms with Crippen LogP contribution in [-0.4, -0.2) is 28.6 Å². The maximum absolute atomic E-state index is 13.4. The Hall–Kier alpha value is -5.06. The van der Waals surface area contributed by atoms with Gasteiger partial charge in [0.05, 0.1) is 16.7 Å². The summed E-state index contributed by atoms with van der Waals surface area (Å²) >= 11 is 0. The molecule has 222 valence electrons. The summed E-state index contributed by atoms with van der Waals surface area (Å²) in [6.07, 6.45) is 3.24. The van der Waals surface area contributed by atoms with Crippen molar-refractivity contribution >= 4 is 53.1 Å². The second kappa shape index (κ2) is 14.7. The van der Waals surface area contributed by atoms with E-state index in [1.165, 1.54) is 30.4 Å². The fourth-order valence-corrected chi connectivity index (χ4v) is 4.19. The highest BCUT2D eigenvalue weighted by molar-refractivity contribution is 6.15. The third kappa shape index (κ3) is 8.71. The lowest BCUT2D eigenvalue weighted by Crippen LogP contribution is -2.37. The Balaban J connectivity index is 0.00000506. The number of nitro groups is 1. The average molecular weight is 603 g/mol. The standard InChI is InChI=1S/C32H30N4O6.ClH/c1-20(2)18-27(33)32(39)35-28-15-10-23(19-26(28)31(38)22-6-4-3-5-7-22)34-30(37)17-14-25-13-16-29(42-25)21-8-11-24(12-9-21)36(40)41;/h3-17,19-20,27H,18,33H2,1-2H3,(H,34,37)(H,35,39);1H/b17-14+;/t27-;/m1./s1. The zero-order valence-electron chi connectivity index (χ0n) is 23.5. The van der Waals surface area contributed by atoms with Crippen molar-refractivity contribution in [3.05, 3.63) is 118 Å². The molecule has 1 aromatic heterocycles. The number of carbonyl (C=O) groups is 3. The largest absolute Gasteiger partial charge is 0.457 e. The Bertz CT molecular complexity index is 1630. The lowest BCUT2D eigenvalue weighted by molar-refractivity contribution is -0.384. The van der Waals surface area contributed by atoms with E-state index in [9.17, 15) is 24.5 Å². The number of rotatable bonds is 11. The van der Waals surface area contributed by atoms with Crippen LogP contribution in [0.25, 0.3) is 17.4 Å². The summed E-state index contributed by atoms with van der Waals surface area (Å²) in [5.74, 6) is -0.107. The van der Waals surface area contributed by atoms with E-state index in [4.69, 9.17) is 10.2 Å². The number of benzene rings is 3. The Labute approximate surface area is 254 Å². The molecular formula is C32H31ClN4O6. The maximum Gasteiger partial charge on any atom is 0.269 e. The molecule has 0 aliphatic rings. The second-order valence-electron chi connectivity index (χ2n) is 10.0. The van der Waals surface area contributed by atoms with Gasteiger partial charge in [-0.15, -0.1) is 12.4 Å². The topological polar surface area (TPSA) is 158 Å². The van der Waals surface area contributed by atoms with Crippen LogP contribution in [0, 0.1) is 16.0 Å². The Morgan fingerprint density at radius 1 is 0.953 bits per heavy atom. The molecule has 11 heteroatoms. The third-order valence-corrected chi connectivity index (χ3v) is 6.28. The fourth-order valence-electron chi connectivity index (χ4n) is 4.19. The van der Waals surface area contributed by atoms with E-state index in [0.717, 1.165) is 0 Å². The Morgan fingerprint density at radius 2 is 1.65 bits per heavy atom. The summed E-state index contributed by atoms with van der Waals surface area (Å²) < 4.78 is 5.73. The highest BCUT2D eigenvalue weighted by Gasteiger charge is 2.20. The number of hydrogen-bond donors (Lipinski definition) is 3. The van der Waals surface area contributed by atoms with Crippen molar-refractivity contribution in [2.24, 2.45) is 11.7 Å². The van der Waals surface area contributed by atoms with Crippen molar-refractivity contribution in [2.45, 2.75) is 26.3 Å². The van der Waals surface area contributed by atoms with E-state index < -0.39 is 22.8 Å². The van der Waals surface area contributed by atoms with Crippen LogP contribution in [0.2, 0.25) is 0 Å². The number of hydrogen-bond acceptors (Lipinski definition) is 7. The monoisotopic (exact) mass is 602 g/mol. The molecular weight excluding hydrogens is 572 g/mol. The van der Waals surface area contributed by atoms with Gasteiger partial charge < -0.3 is 20.8 Å². The molecule has 0 fully saturated rings. The molecule has 0 radical (unpaired) electrons. The van der Waals surface area contributed by atoms with Crippen molar-refractivity contribution in [1.29, 1.82) is 0 Å². The predicted molar refractivity (Wildman–Crippen MR) is 168 cm³/mol. The molecule has 0 saturated heterocycles. The van der Waals surface area contributed by atoms with Gasteiger partial charge in [-0.3, -0.25) is 24.5 Å². The lowest BCUT2D eigenvalue weighted by atomic mass is 10.00. The number of furan rings is 1. The molecule has 2 amide bonds. The van der Waals surface area contributed by atoms with Gasteiger partial charge in [0.15, 0.2) is 5.78 Å². The summed E-state index contributed by atoms with van der Waals surface area (Å²) in [6.45, 7) is 3.93. The van der Waals surface area contributed by atoms with Crippen LogP contribution in [0.4, 0.5) is 17.1 Å². The first kappa shape index (κ1) is 32.5. The molecule has 3 aromatic carbocycles. The minimum Gasteiger partial charge on any atom is -0.457 e. The molecule has 4 aromatic rings. The summed E-state index contributed by atoms with van der Waals surface area (Å²) in [4.78, 5) is 49.2. The molecule has 1 atom stereocenters. The van der Waals surface area contributed by atoms with Gasteiger partial charge in [-0.2, -0.15) is 0 Å².